The monoisotopic (exact) mass is 263 g/mol. The van der Waals surface area contributed by atoms with Gasteiger partial charge in [0, 0.05) is 12.6 Å². The highest BCUT2D eigenvalue weighted by atomic mass is 16.4. The van der Waals surface area contributed by atoms with Crippen LogP contribution in [-0.4, -0.2) is 28.6 Å². The lowest BCUT2D eigenvalue weighted by Gasteiger charge is -2.09. The molecule has 0 aliphatic rings. The molecule has 5 nitrogen and oxygen atoms in total. The molecule has 0 spiro atoms. The molecule has 0 bridgehead atoms. The number of carboxylic acid groups (broad SMARTS) is 1. The lowest BCUT2D eigenvalue weighted by atomic mass is 10.1. The number of benzene rings is 1. The predicted octanol–water partition coefficient (Wildman–Crippen LogP) is 1.63. The van der Waals surface area contributed by atoms with Gasteiger partial charge in [0.1, 0.15) is 5.75 Å². The Hall–Kier alpha value is -2.30. The lowest BCUT2D eigenvalue weighted by molar-refractivity contribution is -0.141. The van der Waals surface area contributed by atoms with Crippen molar-refractivity contribution in [1.82, 2.24) is 5.32 Å². The highest BCUT2D eigenvalue weighted by molar-refractivity contribution is 5.91. The van der Waals surface area contributed by atoms with E-state index in [9.17, 15) is 9.59 Å². The molecule has 102 valence electrons. The Bertz CT molecular complexity index is 465. The van der Waals surface area contributed by atoms with Crippen LogP contribution in [0.2, 0.25) is 0 Å². The summed E-state index contributed by atoms with van der Waals surface area (Å²) >= 11 is 0. The van der Waals surface area contributed by atoms with Crippen molar-refractivity contribution in [3.05, 3.63) is 35.9 Å². The first-order valence-corrected chi connectivity index (χ1v) is 6.00. The minimum absolute atomic E-state index is 0.116. The van der Waals surface area contributed by atoms with Gasteiger partial charge in [0.15, 0.2) is 0 Å². The standard InChI is InChI=1S/C14H17NO4/c1-2-11(14(18)19)9-15-13(17)8-5-10-3-6-12(16)7-4-10/h3-8,11,16H,2,9H2,1H3,(H,15,17)(H,18,19). The Morgan fingerprint density at radius 2 is 1.95 bits per heavy atom. The number of nitrogens with one attached hydrogen (secondary N) is 1. The van der Waals surface area contributed by atoms with E-state index in [1.165, 1.54) is 18.2 Å². The molecule has 1 aromatic carbocycles. The summed E-state index contributed by atoms with van der Waals surface area (Å²) in [5.74, 6) is -1.65. The highest BCUT2D eigenvalue weighted by Crippen LogP contribution is 2.10. The number of phenols is 1. The molecule has 0 fully saturated rings. The Morgan fingerprint density at radius 1 is 1.32 bits per heavy atom. The maximum absolute atomic E-state index is 11.5. The normalized spacial score (nSPS) is 12.3. The molecule has 0 heterocycles. The molecule has 0 saturated heterocycles. The van der Waals surface area contributed by atoms with Crippen molar-refractivity contribution < 1.29 is 19.8 Å². The smallest absolute Gasteiger partial charge is 0.308 e. The molecule has 1 atom stereocenters. The maximum atomic E-state index is 11.5. The quantitative estimate of drug-likeness (QED) is 0.681. The first-order chi connectivity index (χ1) is 9.02. The van der Waals surface area contributed by atoms with Gasteiger partial charge in [-0.25, -0.2) is 0 Å². The second-order valence-electron chi connectivity index (χ2n) is 4.11. The summed E-state index contributed by atoms with van der Waals surface area (Å²) in [6, 6.07) is 6.39. The predicted molar refractivity (Wildman–Crippen MR) is 71.6 cm³/mol. The molecular formula is C14H17NO4. The van der Waals surface area contributed by atoms with Gasteiger partial charge in [-0.1, -0.05) is 19.1 Å². The molecule has 1 rings (SSSR count). The molecule has 0 aromatic heterocycles. The van der Waals surface area contributed by atoms with Crippen LogP contribution in [0.3, 0.4) is 0 Å². The number of aromatic hydroxyl groups is 1. The zero-order chi connectivity index (χ0) is 14.3. The molecule has 3 N–H and O–H groups in total. The van der Waals surface area contributed by atoms with Crippen molar-refractivity contribution in [1.29, 1.82) is 0 Å². The summed E-state index contributed by atoms with van der Waals surface area (Å²) in [7, 11) is 0. The molecule has 1 amide bonds. The largest absolute Gasteiger partial charge is 0.508 e. The van der Waals surface area contributed by atoms with E-state index in [1.54, 1.807) is 25.1 Å². The minimum Gasteiger partial charge on any atom is -0.508 e. The first kappa shape index (κ1) is 14.8. The van der Waals surface area contributed by atoms with Crippen LogP contribution in [0.15, 0.2) is 30.3 Å². The van der Waals surface area contributed by atoms with Crippen LogP contribution in [-0.2, 0) is 9.59 Å². The van der Waals surface area contributed by atoms with Crippen molar-refractivity contribution in [2.24, 2.45) is 5.92 Å². The van der Waals surface area contributed by atoms with Crippen molar-refractivity contribution in [3.63, 3.8) is 0 Å². The summed E-state index contributed by atoms with van der Waals surface area (Å²) in [6.45, 7) is 1.88. The minimum atomic E-state index is -0.912. The zero-order valence-electron chi connectivity index (χ0n) is 10.7. The van der Waals surface area contributed by atoms with Crippen molar-refractivity contribution in [2.75, 3.05) is 6.54 Å². The van der Waals surface area contributed by atoms with Gasteiger partial charge in [-0.15, -0.1) is 0 Å². The average Bonchev–Trinajstić information content (AvgIpc) is 2.38. The molecule has 5 heteroatoms. The maximum Gasteiger partial charge on any atom is 0.308 e. The van der Waals surface area contributed by atoms with E-state index in [0.29, 0.717) is 6.42 Å². The molecule has 1 unspecified atom stereocenters. The van der Waals surface area contributed by atoms with Crippen LogP contribution in [0.1, 0.15) is 18.9 Å². The van der Waals surface area contributed by atoms with Gasteiger partial charge in [-0.3, -0.25) is 9.59 Å². The van der Waals surface area contributed by atoms with Gasteiger partial charge in [-0.05, 0) is 30.2 Å². The highest BCUT2D eigenvalue weighted by Gasteiger charge is 2.14. The van der Waals surface area contributed by atoms with Crippen LogP contribution in [0.25, 0.3) is 6.08 Å². The Balaban J connectivity index is 2.47. The van der Waals surface area contributed by atoms with Crippen molar-refractivity contribution in [2.45, 2.75) is 13.3 Å². The van der Waals surface area contributed by atoms with E-state index in [0.717, 1.165) is 5.56 Å². The van der Waals surface area contributed by atoms with Crippen molar-refractivity contribution in [3.8, 4) is 5.75 Å². The van der Waals surface area contributed by atoms with Crippen molar-refractivity contribution >= 4 is 18.0 Å². The molecule has 0 aliphatic heterocycles. The fourth-order valence-electron chi connectivity index (χ4n) is 1.45. The average molecular weight is 263 g/mol. The van der Waals surface area contributed by atoms with Gasteiger partial charge in [-0.2, -0.15) is 0 Å². The summed E-state index contributed by atoms with van der Waals surface area (Å²) in [5.41, 5.74) is 0.776. The Morgan fingerprint density at radius 3 is 2.47 bits per heavy atom. The van der Waals surface area contributed by atoms with E-state index in [1.807, 2.05) is 0 Å². The van der Waals surface area contributed by atoms with Gasteiger partial charge in [0.05, 0.1) is 5.92 Å². The SMILES string of the molecule is CCC(CNC(=O)C=Cc1ccc(O)cc1)C(=O)O. The van der Waals surface area contributed by atoms with Gasteiger partial charge in [0.25, 0.3) is 0 Å². The number of rotatable bonds is 6. The van der Waals surface area contributed by atoms with Gasteiger partial charge < -0.3 is 15.5 Å². The molecular weight excluding hydrogens is 246 g/mol. The van der Waals surface area contributed by atoms with Crippen LogP contribution in [0.5, 0.6) is 5.75 Å². The number of amides is 1. The zero-order valence-corrected chi connectivity index (χ0v) is 10.7. The van der Waals surface area contributed by atoms with E-state index >= 15 is 0 Å². The second kappa shape index (κ2) is 7.20. The van der Waals surface area contributed by atoms with E-state index in [-0.39, 0.29) is 18.2 Å². The van der Waals surface area contributed by atoms with Gasteiger partial charge in [0.2, 0.25) is 5.91 Å². The third-order valence-corrected chi connectivity index (χ3v) is 2.68. The third-order valence-electron chi connectivity index (χ3n) is 2.68. The topological polar surface area (TPSA) is 86.6 Å². The van der Waals surface area contributed by atoms with E-state index < -0.39 is 11.9 Å². The summed E-state index contributed by atoms with van der Waals surface area (Å²) in [5, 5.41) is 20.5. The van der Waals surface area contributed by atoms with Crippen LogP contribution in [0.4, 0.5) is 0 Å². The second-order valence-corrected chi connectivity index (χ2v) is 4.11. The van der Waals surface area contributed by atoms with Gasteiger partial charge >= 0.3 is 5.97 Å². The van der Waals surface area contributed by atoms with E-state index in [2.05, 4.69) is 5.32 Å². The van der Waals surface area contributed by atoms with Crippen LogP contribution < -0.4 is 5.32 Å². The number of aliphatic carboxylic acids is 1. The number of phenolic OH excluding ortho intramolecular Hbond substituents is 1. The number of hydrogen-bond acceptors (Lipinski definition) is 3. The number of carbonyl (C=O) groups is 2. The molecule has 0 radical (unpaired) electrons. The summed E-state index contributed by atoms with van der Waals surface area (Å²) in [6.07, 6.45) is 3.40. The molecule has 0 saturated carbocycles. The number of carboxylic acids is 1. The lowest BCUT2D eigenvalue weighted by Crippen LogP contribution is -2.31. The number of carbonyl (C=O) groups excluding carboxylic acids is 1. The van der Waals surface area contributed by atoms with Crippen LogP contribution in [0, 0.1) is 5.92 Å². The fraction of sp³-hybridized carbons (Fsp3) is 0.286. The summed E-state index contributed by atoms with van der Waals surface area (Å²) in [4.78, 5) is 22.2. The fourth-order valence-corrected chi connectivity index (χ4v) is 1.45. The Kier molecular flexibility index (Phi) is 5.60. The molecule has 19 heavy (non-hydrogen) atoms. The number of hydrogen-bond donors (Lipinski definition) is 3. The molecule has 1 aromatic rings. The van der Waals surface area contributed by atoms with E-state index in [4.69, 9.17) is 10.2 Å². The molecule has 0 aliphatic carbocycles. The first-order valence-electron chi connectivity index (χ1n) is 6.00. The van der Waals surface area contributed by atoms with Crippen LogP contribution >= 0.6 is 0 Å². The Labute approximate surface area is 111 Å². The third kappa shape index (κ3) is 5.25. The summed E-state index contributed by atoms with van der Waals surface area (Å²) < 4.78 is 0.